The van der Waals surface area contributed by atoms with E-state index in [1.807, 2.05) is 56.0 Å². The van der Waals surface area contributed by atoms with Crippen molar-refractivity contribution in [3.8, 4) is 0 Å². The van der Waals surface area contributed by atoms with Crippen LogP contribution in [0.3, 0.4) is 0 Å². The van der Waals surface area contributed by atoms with E-state index >= 15 is 0 Å². The number of benzene rings is 1. The first-order chi connectivity index (χ1) is 10.5. The molecular weight excluding hydrogens is 276 g/mol. The van der Waals surface area contributed by atoms with Crippen molar-refractivity contribution in [1.82, 2.24) is 10.2 Å². The lowest BCUT2D eigenvalue weighted by Gasteiger charge is -2.28. The van der Waals surface area contributed by atoms with E-state index in [4.69, 9.17) is 0 Å². The van der Waals surface area contributed by atoms with E-state index < -0.39 is 0 Å². The molecule has 0 heterocycles. The lowest BCUT2D eigenvalue weighted by Crippen LogP contribution is -2.40. The number of carbonyl (C=O) groups excluding carboxylic acids is 2. The van der Waals surface area contributed by atoms with Crippen molar-refractivity contribution in [2.24, 2.45) is 0 Å². The summed E-state index contributed by atoms with van der Waals surface area (Å²) in [5.74, 6) is 0.0896. The molecule has 0 fully saturated rings. The van der Waals surface area contributed by atoms with Gasteiger partial charge in [0.1, 0.15) is 0 Å². The Morgan fingerprint density at radius 3 is 2.32 bits per heavy atom. The van der Waals surface area contributed by atoms with E-state index in [1.54, 1.807) is 0 Å². The molecule has 0 aromatic heterocycles. The van der Waals surface area contributed by atoms with Gasteiger partial charge in [0.25, 0.3) is 0 Å². The Bertz CT molecular complexity index is 473. The monoisotopic (exact) mass is 304 g/mol. The second kappa shape index (κ2) is 9.23. The van der Waals surface area contributed by atoms with E-state index in [0.717, 1.165) is 12.0 Å². The fourth-order valence-electron chi connectivity index (χ4n) is 2.38. The molecule has 2 unspecified atom stereocenters. The highest BCUT2D eigenvalue weighted by molar-refractivity contribution is 5.79. The Balaban J connectivity index is 2.51. The summed E-state index contributed by atoms with van der Waals surface area (Å²) in [5, 5.41) is 2.99. The third-order valence-corrected chi connectivity index (χ3v) is 4.00. The van der Waals surface area contributed by atoms with Crippen LogP contribution in [0.4, 0.5) is 0 Å². The molecule has 0 saturated carbocycles. The highest BCUT2D eigenvalue weighted by Gasteiger charge is 2.18. The molecule has 0 aliphatic heterocycles. The van der Waals surface area contributed by atoms with Crippen LogP contribution in [0.1, 0.15) is 58.6 Å². The molecule has 0 radical (unpaired) electrons. The maximum absolute atomic E-state index is 12.1. The van der Waals surface area contributed by atoms with Crippen LogP contribution in [-0.4, -0.2) is 29.3 Å². The Morgan fingerprint density at radius 1 is 1.14 bits per heavy atom. The predicted octanol–water partition coefficient (Wildman–Crippen LogP) is 3.29. The minimum Gasteiger partial charge on any atom is -0.350 e. The maximum atomic E-state index is 12.1. The molecule has 2 atom stereocenters. The number of nitrogens with one attached hydrogen (secondary N) is 1. The van der Waals surface area contributed by atoms with Gasteiger partial charge in [-0.05, 0) is 25.8 Å². The van der Waals surface area contributed by atoms with Crippen molar-refractivity contribution in [2.45, 2.75) is 59.0 Å². The highest BCUT2D eigenvalue weighted by Crippen LogP contribution is 2.12. The van der Waals surface area contributed by atoms with Gasteiger partial charge in [-0.15, -0.1) is 0 Å². The zero-order chi connectivity index (χ0) is 16.5. The van der Waals surface area contributed by atoms with Gasteiger partial charge >= 0.3 is 0 Å². The van der Waals surface area contributed by atoms with Gasteiger partial charge in [-0.1, -0.05) is 44.2 Å². The number of rotatable bonds is 8. The third-order valence-electron chi connectivity index (χ3n) is 4.00. The summed E-state index contributed by atoms with van der Waals surface area (Å²) in [7, 11) is 0. The molecule has 0 aliphatic rings. The van der Waals surface area contributed by atoms with Gasteiger partial charge in [0.2, 0.25) is 11.8 Å². The second-order valence-electron chi connectivity index (χ2n) is 5.65. The molecule has 4 nitrogen and oxygen atoms in total. The summed E-state index contributed by atoms with van der Waals surface area (Å²) in [5.41, 5.74) is 1.08. The van der Waals surface area contributed by atoms with Gasteiger partial charge in [0, 0.05) is 25.4 Å². The van der Waals surface area contributed by atoms with E-state index in [2.05, 4.69) is 12.2 Å². The fourth-order valence-corrected chi connectivity index (χ4v) is 2.38. The first-order valence-electron chi connectivity index (χ1n) is 8.13. The minimum atomic E-state index is -0.0207. The van der Waals surface area contributed by atoms with Gasteiger partial charge in [-0.2, -0.15) is 0 Å². The lowest BCUT2D eigenvalue weighted by atomic mass is 10.1. The van der Waals surface area contributed by atoms with Gasteiger partial charge in [0.05, 0.1) is 6.04 Å². The SMILES string of the molecule is CCC(=O)N(CCC(=O)NC(C)c1ccccc1)C(C)CC. The van der Waals surface area contributed by atoms with Gasteiger partial charge in [-0.3, -0.25) is 9.59 Å². The summed E-state index contributed by atoms with van der Waals surface area (Å²) < 4.78 is 0. The van der Waals surface area contributed by atoms with E-state index in [-0.39, 0.29) is 23.9 Å². The van der Waals surface area contributed by atoms with Crippen molar-refractivity contribution in [1.29, 1.82) is 0 Å². The van der Waals surface area contributed by atoms with Crippen LogP contribution in [0, 0.1) is 0 Å². The summed E-state index contributed by atoms with van der Waals surface area (Å²) >= 11 is 0. The third kappa shape index (κ3) is 5.51. The van der Waals surface area contributed by atoms with Crippen LogP contribution in [0.25, 0.3) is 0 Å². The predicted molar refractivity (Wildman–Crippen MR) is 89.4 cm³/mol. The Labute approximate surface area is 133 Å². The van der Waals surface area contributed by atoms with Crippen LogP contribution in [0.2, 0.25) is 0 Å². The fraction of sp³-hybridized carbons (Fsp3) is 0.556. The van der Waals surface area contributed by atoms with Crippen molar-refractivity contribution >= 4 is 11.8 Å². The van der Waals surface area contributed by atoms with Crippen molar-refractivity contribution < 1.29 is 9.59 Å². The molecular formula is C18H28N2O2. The van der Waals surface area contributed by atoms with Crippen molar-refractivity contribution in [3.63, 3.8) is 0 Å². The summed E-state index contributed by atoms with van der Waals surface area (Å²) in [6.45, 7) is 8.39. The number of hydrogen-bond donors (Lipinski definition) is 1. The summed E-state index contributed by atoms with van der Waals surface area (Å²) in [6, 6.07) is 10.0. The highest BCUT2D eigenvalue weighted by atomic mass is 16.2. The van der Waals surface area contributed by atoms with Gasteiger partial charge in [-0.25, -0.2) is 0 Å². The molecule has 2 amide bonds. The largest absolute Gasteiger partial charge is 0.350 e. The molecule has 1 aromatic carbocycles. The van der Waals surface area contributed by atoms with Crippen molar-refractivity contribution in [2.75, 3.05) is 6.54 Å². The minimum absolute atomic E-state index is 0.0199. The van der Waals surface area contributed by atoms with E-state index in [1.165, 1.54) is 0 Å². The van der Waals surface area contributed by atoms with Crippen LogP contribution >= 0.6 is 0 Å². The zero-order valence-electron chi connectivity index (χ0n) is 14.1. The average molecular weight is 304 g/mol. The van der Waals surface area contributed by atoms with Crippen LogP contribution < -0.4 is 5.32 Å². The second-order valence-corrected chi connectivity index (χ2v) is 5.65. The smallest absolute Gasteiger partial charge is 0.222 e. The van der Waals surface area contributed by atoms with Gasteiger partial charge < -0.3 is 10.2 Å². The van der Waals surface area contributed by atoms with Gasteiger partial charge in [0.15, 0.2) is 0 Å². The summed E-state index contributed by atoms with van der Waals surface area (Å²) in [6.07, 6.45) is 1.72. The topological polar surface area (TPSA) is 49.4 Å². The van der Waals surface area contributed by atoms with Crippen LogP contribution in [0.5, 0.6) is 0 Å². The zero-order valence-corrected chi connectivity index (χ0v) is 14.1. The van der Waals surface area contributed by atoms with E-state index in [9.17, 15) is 9.59 Å². The number of hydrogen-bond acceptors (Lipinski definition) is 2. The Morgan fingerprint density at radius 2 is 1.77 bits per heavy atom. The molecule has 1 aromatic rings. The van der Waals surface area contributed by atoms with E-state index in [0.29, 0.717) is 19.4 Å². The standard InChI is InChI=1S/C18H28N2O2/c1-5-14(3)20(18(22)6-2)13-12-17(21)19-15(4)16-10-8-7-9-11-16/h7-11,14-15H,5-6,12-13H2,1-4H3,(H,19,21). The summed E-state index contributed by atoms with van der Waals surface area (Å²) in [4.78, 5) is 25.9. The molecule has 0 spiro atoms. The Kier molecular flexibility index (Phi) is 7.64. The van der Waals surface area contributed by atoms with Crippen LogP contribution in [0.15, 0.2) is 30.3 Å². The number of nitrogens with zero attached hydrogens (tertiary/aromatic N) is 1. The quantitative estimate of drug-likeness (QED) is 0.801. The number of carbonyl (C=O) groups is 2. The molecule has 1 N–H and O–H groups in total. The maximum Gasteiger partial charge on any atom is 0.222 e. The Hall–Kier alpha value is -1.84. The molecule has 4 heteroatoms. The molecule has 122 valence electrons. The molecule has 22 heavy (non-hydrogen) atoms. The first kappa shape index (κ1) is 18.2. The first-order valence-corrected chi connectivity index (χ1v) is 8.13. The van der Waals surface area contributed by atoms with Crippen LogP contribution in [-0.2, 0) is 9.59 Å². The average Bonchev–Trinajstić information content (AvgIpc) is 2.55. The normalized spacial score (nSPS) is 13.3. The molecule has 0 saturated heterocycles. The van der Waals surface area contributed by atoms with Crippen molar-refractivity contribution in [3.05, 3.63) is 35.9 Å². The molecule has 0 aliphatic carbocycles. The molecule has 1 rings (SSSR count). The lowest BCUT2D eigenvalue weighted by molar-refractivity contribution is -0.133. The number of amides is 2. The molecule has 0 bridgehead atoms.